The molecule has 0 aliphatic carbocycles. The highest BCUT2D eigenvalue weighted by Crippen LogP contribution is 2.15. The van der Waals surface area contributed by atoms with Crippen molar-refractivity contribution in [3.8, 4) is 5.75 Å². The van der Waals surface area contributed by atoms with Gasteiger partial charge in [0.1, 0.15) is 11.5 Å². The number of anilines is 1. The molecule has 0 atom stereocenters. The highest BCUT2D eigenvalue weighted by molar-refractivity contribution is 6.45. The first-order chi connectivity index (χ1) is 12.0. The summed E-state index contributed by atoms with van der Waals surface area (Å²) in [7, 11) is 0. The molecule has 0 aromatic heterocycles. The van der Waals surface area contributed by atoms with Gasteiger partial charge < -0.3 is 4.74 Å². The lowest BCUT2D eigenvalue weighted by atomic mass is 10.1. The molecule has 0 saturated heterocycles. The molecule has 6 nitrogen and oxygen atoms in total. The normalized spacial score (nSPS) is 10.9. The minimum atomic E-state index is -0.818. The Kier molecular flexibility index (Phi) is 6.54. The zero-order chi connectivity index (χ0) is 18.2. The van der Waals surface area contributed by atoms with Gasteiger partial charge in [-0.05, 0) is 56.3 Å². The van der Waals surface area contributed by atoms with E-state index in [0.717, 1.165) is 0 Å². The molecule has 0 aliphatic heterocycles. The van der Waals surface area contributed by atoms with Crippen LogP contribution in [0.4, 0.5) is 10.5 Å². The van der Waals surface area contributed by atoms with Crippen LogP contribution in [0.25, 0.3) is 0 Å². The van der Waals surface area contributed by atoms with Crippen molar-refractivity contribution in [3.05, 3.63) is 59.1 Å². The molecule has 0 radical (unpaired) electrons. The van der Waals surface area contributed by atoms with E-state index >= 15 is 0 Å². The number of nitrogens with one attached hydrogen (secondary N) is 1. The van der Waals surface area contributed by atoms with Gasteiger partial charge in [-0.25, -0.2) is 4.79 Å². The molecule has 0 fully saturated rings. The second-order valence-corrected chi connectivity index (χ2v) is 5.41. The molecule has 0 saturated carbocycles. The Balaban J connectivity index is 1.95. The van der Waals surface area contributed by atoms with Crippen LogP contribution in [-0.4, -0.2) is 24.2 Å². The third-order valence-corrected chi connectivity index (χ3v) is 3.33. The lowest BCUT2D eigenvalue weighted by Crippen LogP contribution is -2.15. The molecule has 2 rings (SSSR count). The predicted octanol–water partition coefficient (Wildman–Crippen LogP) is 4.55. The molecule has 130 valence electrons. The van der Waals surface area contributed by atoms with Crippen molar-refractivity contribution in [1.82, 2.24) is 0 Å². The number of amides is 1. The number of Topliss-reactive ketones (excluding diaryl/α,β-unsaturated/α-hetero) is 1. The quantitative estimate of drug-likeness (QED) is 0.355. The topological polar surface area (TPSA) is 77.0 Å². The van der Waals surface area contributed by atoms with Gasteiger partial charge in [-0.3, -0.25) is 14.9 Å². The summed E-state index contributed by atoms with van der Waals surface area (Å²) in [5, 5.41) is 6.50. The van der Waals surface area contributed by atoms with Crippen molar-refractivity contribution >= 4 is 34.9 Å². The van der Waals surface area contributed by atoms with Gasteiger partial charge >= 0.3 is 6.09 Å². The van der Waals surface area contributed by atoms with Crippen LogP contribution >= 0.6 is 11.6 Å². The van der Waals surface area contributed by atoms with E-state index in [4.69, 9.17) is 21.2 Å². The summed E-state index contributed by atoms with van der Waals surface area (Å²) in [6.07, 6.45) is -0.818. The number of carbonyl (C=O) groups is 2. The second kappa shape index (κ2) is 8.84. The standard InChI is InChI=1S/C18H17ClN2O4/c1-3-24-16-9-7-13(8-10-16)17(22)12(2)21-25-18(23)20-15-6-4-5-14(19)11-15/h4-11H,3H2,1-2H3,(H,20,23)/b21-12+. The summed E-state index contributed by atoms with van der Waals surface area (Å²) in [5.41, 5.74) is 0.928. The number of rotatable bonds is 6. The molecule has 1 amide bonds. The number of carbonyl (C=O) groups excluding carboxylic acids is 2. The van der Waals surface area contributed by atoms with E-state index in [1.165, 1.54) is 6.92 Å². The Bertz CT molecular complexity index is 788. The molecular weight excluding hydrogens is 344 g/mol. The fourth-order valence-corrected chi connectivity index (χ4v) is 2.13. The summed E-state index contributed by atoms with van der Waals surface area (Å²) in [4.78, 5) is 28.6. The Morgan fingerprint density at radius 1 is 1.16 bits per heavy atom. The fraction of sp³-hybridized carbons (Fsp3) is 0.167. The van der Waals surface area contributed by atoms with Gasteiger partial charge in [-0.1, -0.05) is 22.8 Å². The molecular formula is C18H17ClN2O4. The van der Waals surface area contributed by atoms with Crippen LogP contribution in [0.1, 0.15) is 24.2 Å². The fourth-order valence-electron chi connectivity index (χ4n) is 1.94. The lowest BCUT2D eigenvalue weighted by molar-refractivity contribution is 0.105. The molecule has 0 bridgehead atoms. The smallest absolute Gasteiger partial charge is 0.437 e. The van der Waals surface area contributed by atoms with Gasteiger partial charge in [-0.2, -0.15) is 0 Å². The first kappa shape index (κ1) is 18.5. The largest absolute Gasteiger partial charge is 0.494 e. The third-order valence-electron chi connectivity index (χ3n) is 3.09. The van der Waals surface area contributed by atoms with Gasteiger partial charge in [0, 0.05) is 16.3 Å². The maximum atomic E-state index is 12.2. The second-order valence-electron chi connectivity index (χ2n) is 4.98. The Morgan fingerprint density at radius 3 is 2.52 bits per heavy atom. The summed E-state index contributed by atoms with van der Waals surface area (Å²) in [6, 6.07) is 13.2. The molecule has 25 heavy (non-hydrogen) atoms. The van der Waals surface area contributed by atoms with Crippen LogP contribution in [0.3, 0.4) is 0 Å². The zero-order valence-corrected chi connectivity index (χ0v) is 14.5. The molecule has 0 aliphatic rings. The van der Waals surface area contributed by atoms with Gasteiger partial charge in [0.05, 0.1) is 6.61 Å². The van der Waals surface area contributed by atoms with Crippen LogP contribution < -0.4 is 10.1 Å². The van der Waals surface area contributed by atoms with E-state index < -0.39 is 6.09 Å². The maximum absolute atomic E-state index is 12.2. The number of benzene rings is 2. The van der Waals surface area contributed by atoms with E-state index in [0.29, 0.717) is 28.6 Å². The zero-order valence-electron chi connectivity index (χ0n) is 13.8. The molecule has 0 heterocycles. The Labute approximate surface area is 150 Å². The van der Waals surface area contributed by atoms with E-state index in [-0.39, 0.29) is 11.5 Å². The molecule has 1 N–H and O–H groups in total. The Morgan fingerprint density at radius 2 is 1.88 bits per heavy atom. The molecule has 0 unspecified atom stereocenters. The number of hydrogen-bond donors (Lipinski definition) is 1. The summed E-state index contributed by atoms with van der Waals surface area (Å²) < 4.78 is 5.32. The predicted molar refractivity (Wildman–Crippen MR) is 96.6 cm³/mol. The minimum absolute atomic E-state index is 0.0467. The first-order valence-corrected chi connectivity index (χ1v) is 7.93. The minimum Gasteiger partial charge on any atom is -0.494 e. The summed E-state index contributed by atoms with van der Waals surface area (Å²) >= 11 is 5.82. The number of oxime groups is 1. The van der Waals surface area contributed by atoms with E-state index in [1.807, 2.05) is 6.92 Å². The highest BCUT2D eigenvalue weighted by atomic mass is 35.5. The number of ether oxygens (including phenoxy) is 1. The monoisotopic (exact) mass is 360 g/mol. The van der Waals surface area contributed by atoms with Crippen LogP contribution in [0, 0.1) is 0 Å². The summed E-state index contributed by atoms with van der Waals surface area (Å²) in [5.74, 6) is 0.324. The number of halogens is 1. The van der Waals surface area contributed by atoms with Gasteiger partial charge in [-0.15, -0.1) is 0 Å². The summed E-state index contributed by atoms with van der Waals surface area (Å²) in [6.45, 7) is 3.89. The van der Waals surface area contributed by atoms with Gasteiger partial charge in [0.15, 0.2) is 0 Å². The highest BCUT2D eigenvalue weighted by Gasteiger charge is 2.12. The van der Waals surface area contributed by atoms with Crippen LogP contribution in [0.2, 0.25) is 5.02 Å². The van der Waals surface area contributed by atoms with E-state index in [1.54, 1.807) is 48.5 Å². The van der Waals surface area contributed by atoms with Crippen LogP contribution in [0.5, 0.6) is 5.75 Å². The van der Waals surface area contributed by atoms with E-state index in [9.17, 15) is 9.59 Å². The van der Waals surface area contributed by atoms with Crippen molar-refractivity contribution in [2.24, 2.45) is 5.16 Å². The van der Waals surface area contributed by atoms with E-state index in [2.05, 4.69) is 10.5 Å². The van der Waals surface area contributed by atoms with Crippen molar-refractivity contribution < 1.29 is 19.2 Å². The van der Waals surface area contributed by atoms with Crippen molar-refractivity contribution in [2.75, 3.05) is 11.9 Å². The number of ketones is 1. The van der Waals surface area contributed by atoms with Gasteiger partial charge in [0.2, 0.25) is 5.78 Å². The van der Waals surface area contributed by atoms with Crippen molar-refractivity contribution in [3.63, 3.8) is 0 Å². The molecule has 2 aromatic rings. The molecule has 0 spiro atoms. The Hall–Kier alpha value is -2.86. The number of hydrogen-bond acceptors (Lipinski definition) is 5. The first-order valence-electron chi connectivity index (χ1n) is 7.55. The van der Waals surface area contributed by atoms with Crippen LogP contribution in [-0.2, 0) is 4.84 Å². The SMILES string of the molecule is CCOc1ccc(C(=O)/C(C)=N/OC(=O)Nc2cccc(Cl)c2)cc1. The number of nitrogens with zero attached hydrogens (tertiary/aromatic N) is 1. The maximum Gasteiger partial charge on any atom is 0.437 e. The van der Waals surface area contributed by atoms with Crippen molar-refractivity contribution in [2.45, 2.75) is 13.8 Å². The molecule has 7 heteroatoms. The average molecular weight is 361 g/mol. The lowest BCUT2D eigenvalue weighted by Gasteiger charge is -2.05. The van der Waals surface area contributed by atoms with Gasteiger partial charge in [0.25, 0.3) is 0 Å². The molecule has 2 aromatic carbocycles. The van der Waals surface area contributed by atoms with Crippen LogP contribution in [0.15, 0.2) is 53.7 Å². The average Bonchev–Trinajstić information content (AvgIpc) is 2.60. The third kappa shape index (κ3) is 5.61. The van der Waals surface area contributed by atoms with Crippen molar-refractivity contribution in [1.29, 1.82) is 0 Å².